The molecule has 2 rings (SSSR count). The van der Waals surface area contributed by atoms with Gasteiger partial charge in [0.2, 0.25) is 0 Å². The molecule has 0 aliphatic carbocycles. The van der Waals surface area contributed by atoms with Crippen molar-refractivity contribution in [1.29, 1.82) is 0 Å². The Labute approximate surface area is 118 Å². The first-order valence-corrected chi connectivity index (χ1v) is 7.62. The lowest BCUT2D eigenvalue weighted by Gasteiger charge is -2.41. The fraction of sp³-hybridized carbons (Fsp3) is 0.643. The molecule has 1 fully saturated rings. The molecule has 1 saturated heterocycles. The minimum atomic E-state index is -0.262. The number of carbonyl (C=O) groups is 1. The lowest BCUT2D eigenvalue weighted by molar-refractivity contribution is -0.117. The van der Waals surface area contributed by atoms with Crippen LogP contribution in [0.4, 0.5) is 4.79 Å². The fourth-order valence-corrected chi connectivity index (χ4v) is 3.17. The number of hydrogen-bond acceptors (Lipinski definition) is 3. The highest BCUT2D eigenvalue weighted by Crippen LogP contribution is 2.20. The third-order valence-electron chi connectivity index (χ3n) is 3.13. The maximum atomic E-state index is 12.1. The highest BCUT2D eigenvalue weighted by Gasteiger charge is 2.33. The molecule has 0 aromatic carbocycles. The number of urea groups is 1. The molecule has 106 valence electrons. The second-order valence-corrected chi connectivity index (χ2v) is 6.46. The standard InChI is InChI=1S/C14H22N2O2S/c1-11-8-16(10-14(2,3)18-11)13(17)15-6-4-12-5-7-19-9-12/h5,7,9,11H,4,6,8,10H2,1-3H3,(H,15,17). The number of nitrogens with one attached hydrogen (secondary N) is 1. The normalized spacial score (nSPS) is 22.3. The first-order valence-electron chi connectivity index (χ1n) is 6.68. The van der Waals surface area contributed by atoms with Crippen LogP contribution in [0.25, 0.3) is 0 Å². The van der Waals surface area contributed by atoms with Crippen molar-refractivity contribution in [2.75, 3.05) is 19.6 Å². The molecule has 0 spiro atoms. The van der Waals surface area contributed by atoms with Gasteiger partial charge in [0.25, 0.3) is 0 Å². The van der Waals surface area contributed by atoms with Gasteiger partial charge in [0.05, 0.1) is 18.2 Å². The monoisotopic (exact) mass is 282 g/mol. The maximum Gasteiger partial charge on any atom is 0.317 e. The summed E-state index contributed by atoms with van der Waals surface area (Å²) in [7, 11) is 0. The minimum Gasteiger partial charge on any atom is -0.369 e. The minimum absolute atomic E-state index is 0.0125. The van der Waals surface area contributed by atoms with E-state index in [9.17, 15) is 4.79 Å². The number of morpholine rings is 1. The van der Waals surface area contributed by atoms with Gasteiger partial charge < -0.3 is 15.0 Å². The maximum absolute atomic E-state index is 12.1. The van der Waals surface area contributed by atoms with E-state index in [4.69, 9.17) is 4.74 Å². The van der Waals surface area contributed by atoms with E-state index in [0.29, 0.717) is 19.6 Å². The molecule has 0 radical (unpaired) electrons. The van der Waals surface area contributed by atoms with Crippen LogP contribution in [0.1, 0.15) is 26.3 Å². The molecule has 0 bridgehead atoms. The number of hydrogen-bond donors (Lipinski definition) is 1. The van der Waals surface area contributed by atoms with E-state index in [1.165, 1.54) is 5.56 Å². The average Bonchev–Trinajstić information content (AvgIpc) is 2.79. The van der Waals surface area contributed by atoms with Gasteiger partial charge in [-0.05, 0) is 49.6 Å². The molecule has 19 heavy (non-hydrogen) atoms. The Hall–Kier alpha value is -1.07. The molecule has 1 aromatic heterocycles. The molecule has 1 atom stereocenters. The van der Waals surface area contributed by atoms with Crippen LogP contribution in [0.15, 0.2) is 16.8 Å². The van der Waals surface area contributed by atoms with Gasteiger partial charge in [-0.25, -0.2) is 4.79 Å². The lowest BCUT2D eigenvalue weighted by atomic mass is 10.1. The van der Waals surface area contributed by atoms with Crippen LogP contribution in [0.2, 0.25) is 0 Å². The van der Waals surface area contributed by atoms with Crippen LogP contribution in [0, 0.1) is 0 Å². The van der Waals surface area contributed by atoms with E-state index in [1.54, 1.807) is 11.3 Å². The molecule has 0 saturated carbocycles. The summed E-state index contributed by atoms with van der Waals surface area (Å²) in [5.74, 6) is 0. The summed E-state index contributed by atoms with van der Waals surface area (Å²) in [5, 5.41) is 7.16. The van der Waals surface area contributed by atoms with Crippen molar-refractivity contribution in [2.24, 2.45) is 0 Å². The van der Waals surface area contributed by atoms with Gasteiger partial charge in [-0.1, -0.05) is 0 Å². The summed E-state index contributed by atoms with van der Waals surface area (Å²) >= 11 is 1.69. The molecule has 4 nitrogen and oxygen atoms in total. The Kier molecular flexibility index (Phi) is 4.47. The predicted octanol–water partition coefficient (Wildman–Crippen LogP) is 2.50. The van der Waals surface area contributed by atoms with Gasteiger partial charge in [-0.3, -0.25) is 0 Å². The highest BCUT2D eigenvalue weighted by atomic mass is 32.1. The van der Waals surface area contributed by atoms with Crippen molar-refractivity contribution < 1.29 is 9.53 Å². The Bertz CT molecular complexity index is 417. The van der Waals surface area contributed by atoms with Crippen molar-refractivity contribution >= 4 is 17.4 Å². The van der Waals surface area contributed by atoms with E-state index in [0.717, 1.165) is 6.42 Å². The fourth-order valence-electron chi connectivity index (χ4n) is 2.47. The molecular weight excluding hydrogens is 260 g/mol. The van der Waals surface area contributed by atoms with Gasteiger partial charge in [-0.15, -0.1) is 0 Å². The molecule has 5 heteroatoms. The van der Waals surface area contributed by atoms with E-state index >= 15 is 0 Å². The third kappa shape index (κ3) is 4.21. The van der Waals surface area contributed by atoms with Crippen LogP contribution in [0.5, 0.6) is 0 Å². The molecule has 2 heterocycles. The molecule has 2 amide bonds. The van der Waals surface area contributed by atoms with Gasteiger partial charge in [-0.2, -0.15) is 11.3 Å². The molecular formula is C14H22N2O2S. The Morgan fingerprint density at radius 1 is 1.63 bits per heavy atom. The smallest absolute Gasteiger partial charge is 0.317 e. The van der Waals surface area contributed by atoms with Crippen LogP contribution >= 0.6 is 11.3 Å². The van der Waals surface area contributed by atoms with Crippen LogP contribution in [-0.4, -0.2) is 42.3 Å². The third-order valence-corrected chi connectivity index (χ3v) is 3.86. The quantitative estimate of drug-likeness (QED) is 0.925. The van der Waals surface area contributed by atoms with E-state index in [2.05, 4.69) is 22.1 Å². The second kappa shape index (κ2) is 5.92. The first kappa shape index (κ1) is 14.3. The number of rotatable bonds is 3. The van der Waals surface area contributed by atoms with E-state index in [-0.39, 0.29) is 17.7 Å². The van der Waals surface area contributed by atoms with Gasteiger partial charge in [0.1, 0.15) is 0 Å². The molecule has 1 N–H and O–H groups in total. The average molecular weight is 282 g/mol. The molecule has 1 unspecified atom stereocenters. The van der Waals surface area contributed by atoms with Crippen molar-refractivity contribution in [2.45, 2.75) is 38.9 Å². The number of amides is 2. The number of nitrogens with zero attached hydrogens (tertiary/aromatic N) is 1. The summed E-state index contributed by atoms with van der Waals surface area (Å²) in [6.45, 7) is 8.03. The first-order chi connectivity index (χ1) is 8.96. The van der Waals surface area contributed by atoms with Crippen LogP contribution in [-0.2, 0) is 11.2 Å². The SMILES string of the molecule is CC1CN(C(=O)NCCc2ccsc2)CC(C)(C)O1. The second-order valence-electron chi connectivity index (χ2n) is 5.68. The Balaban J connectivity index is 1.79. The zero-order valence-corrected chi connectivity index (χ0v) is 12.6. The number of ether oxygens (including phenoxy) is 1. The summed E-state index contributed by atoms with van der Waals surface area (Å²) in [6.07, 6.45) is 0.977. The van der Waals surface area contributed by atoms with Crippen molar-refractivity contribution in [3.63, 3.8) is 0 Å². The van der Waals surface area contributed by atoms with E-state index in [1.807, 2.05) is 25.7 Å². The molecule has 1 aliphatic heterocycles. The summed E-state index contributed by atoms with van der Waals surface area (Å²) in [4.78, 5) is 14.0. The highest BCUT2D eigenvalue weighted by molar-refractivity contribution is 7.07. The molecule has 1 aromatic rings. The van der Waals surface area contributed by atoms with Crippen LogP contribution in [0.3, 0.4) is 0 Å². The number of thiophene rings is 1. The summed E-state index contributed by atoms with van der Waals surface area (Å²) in [6, 6.07) is 2.11. The zero-order valence-electron chi connectivity index (χ0n) is 11.8. The van der Waals surface area contributed by atoms with E-state index < -0.39 is 0 Å². The number of carbonyl (C=O) groups excluding carboxylic acids is 1. The lowest BCUT2D eigenvalue weighted by Crippen LogP contribution is -2.56. The van der Waals surface area contributed by atoms with Crippen molar-refractivity contribution in [3.8, 4) is 0 Å². The Morgan fingerprint density at radius 3 is 3.05 bits per heavy atom. The van der Waals surface area contributed by atoms with Gasteiger partial charge in [0, 0.05) is 13.1 Å². The topological polar surface area (TPSA) is 41.6 Å². The largest absolute Gasteiger partial charge is 0.369 e. The van der Waals surface area contributed by atoms with Gasteiger partial charge in [0.15, 0.2) is 0 Å². The van der Waals surface area contributed by atoms with Gasteiger partial charge >= 0.3 is 6.03 Å². The molecule has 1 aliphatic rings. The van der Waals surface area contributed by atoms with Crippen molar-refractivity contribution in [3.05, 3.63) is 22.4 Å². The Morgan fingerprint density at radius 2 is 2.42 bits per heavy atom. The summed E-state index contributed by atoms with van der Waals surface area (Å²) in [5.41, 5.74) is 1.02. The van der Waals surface area contributed by atoms with Crippen molar-refractivity contribution in [1.82, 2.24) is 10.2 Å². The summed E-state index contributed by atoms with van der Waals surface area (Å²) < 4.78 is 5.80. The zero-order chi connectivity index (χ0) is 13.9. The van der Waals surface area contributed by atoms with Crippen LogP contribution < -0.4 is 5.32 Å². The predicted molar refractivity (Wildman–Crippen MR) is 77.6 cm³/mol.